The molecule has 0 atom stereocenters. The van der Waals surface area contributed by atoms with Gasteiger partial charge in [-0.3, -0.25) is 0 Å². The lowest BCUT2D eigenvalue weighted by Crippen LogP contribution is -2.35. The van der Waals surface area contributed by atoms with E-state index in [1.807, 2.05) is 12.1 Å². The number of nitrogens with zero attached hydrogens (tertiary/aromatic N) is 1. The van der Waals surface area contributed by atoms with Crippen molar-refractivity contribution < 1.29 is 9.53 Å². The zero-order valence-electron chi connectivity index (χ0n) is 11.9. The first-order valence-electron chi connectivity index (χ1n) is 6.76. The number of hydrogen-bond donors (Lipinski definition) is 0. The molecule has 3 nitrogen and oxygen atoms in total. The molecule has 1 aromatic carbocycles. The van der Waals surface area contributed by atoms with Crippen LogP contribution in [-0.4, -0.2) is 18.8 Å². The summed E-state index contributed by atoms with van der Waals surface area (Å²) >= 11 is 0. The first kappa shape index (κ1) is 14.0. The van der Waals surface area contributed by atoms with Crippen LogP contribution in [0.1, 0.15) is 44.2 Å². The third-order valence-corrected chi connectivity index (χ3v) is 4.13. The Balaban J connectivity index is 2.38. The van der Waals surface area contributed by atoms with Gasteiger partial charge >= 0.3 is 0 Å². The molecule has 1 aromatic rings. The second kappa shape index (κ2) is 5.28. The molecule has 0 heterocycles. The highest BCUT2D eigenvalue weighted by Gasteiger charge is 2.40. The summed E-state index contributed by atoms with van der Waals surface area (Å²) in [6.45, 7) is 4.14. The Kier molecular flexibility index (Phi) is 3.88. The molecule has 0 aliphatic heterocycles. The van der Waals surface area contributed by atoms with Crippen LogP contribution in [0.15, 0.2) is 29.3 Å². The highest BCUT2D eigenvalue weighted by molar-refractivity contribution is 5.42. The van der Waals surface area contributed by atoms with Crippen molar-refractivity contribution in [2.24, 2.45) is 4.99 Å². The minimum Gasteiger partial charge on any atom is -0.378 e. The average molecular weight is 259 g/mol. The third kappa shape index (κ3) is 2.78. The van der Waals surface area contributed by atoms with Crippen LogP contribution in [-0.2, 0) is 21.5 Å². The van der Waals surface area contributed by atoms with Crippen molar-refractivity contribution in [3.63, 3.8) is 0 Å². The van der Waals surface area contributed by atoms with Gasteiger partial charge in [0, 0.05) is 13.5 Å². The van der Waals surface area contributed by atoms with E-state index >= 15 is 0 Å². The Morgan fingerprint density at radius 2 is 2.05 bits per heavy atom. The lowest BCUT2D eigenvalue weighted by atomic mass is 9.70. The van der Waals surface area contributed by atoms with Crippen molar-refractivity contribution in [1.29, 1.82) is 0 Å². The van der Waals surface area contributed by atoms with E-state index in [-0.39, 0.29) is 11.1 Å². The molecule has 19 heavy (non-hydrogen) atoms. The van der Waals surface area contributed by atoms with E-state index in [0.717, 1.165) is 31.2 Å². The molecule has 0 amide bonds. The summed E-state index contributed by atoms with van der Waals surface area (Å²) in [5.74, 6) is 0. The van der Waals surface area contributed by atoms with Crippen LogP contribution in [0.4, 0.5) is 0 Å². The minimum atomic E-state index is -0.331. The standard InChI is InChI=1S/C16H21NO2/c1-15(2,19-3)11-13-7-4-5-8-14(13)16(17-12-18)9-6-10-16/h4-5,7-8H,6,9-11H2,1-3H3. The number of rotatable bonds is 5. The van der Waals surface area contributed by atoms with Crippen LogP contribution in [0.3, 0.4) is 0 Å². The molecule has 3 heteroatoms. The second-order valence-electron chi connectivity index (χ2n) is 5.89. The van der Waals surface area contributed by atoms with Crippen LogP contribution in [0.2, 0.25) is 0 Å². The molecule has 0 unspecified atom stereocenters. The maximum Gasteiger partial charge on any atom is 0.235 e. The molecule has 0 radical (unpaired) electrons. The Hall–Kier alpha value is -1.44. The summed E-state index contributed by atoms with van der Waals surface area (Å²) in [7, 11) is 1.73. The molecule has 1 aliphatic rings. The first-order chi connectivity index (χ1) is 9.03. The van der Waals surface area contributed by atoms with Crippen molar-refractivity contribution in [2.45, 2.75) is 50.7 Å². The number of carbonyl (C=O) groups excluding carboxylic acids is 1. The molecule has 1 saturated carbocycles. The Morgan fingerprint density at radius 3 is 2.58 bits per heavy atom. The van der Waals surface area contributed by atoms with Crippen LogP contribution in [0, 0.1) is 0 Å². The van der Waals surface area contributed by atoms with Crippen molar-refractivity contribution in [3.8, 4) is 0 Å². The van der Waals surface area contributed by atoms with Gasteiger partial charge in [0.25, 0.3) is 0 Å². The van der Waals surface area contributed by atoms with E-state index < -0.39 is 0 Å². The van der Waals surface area contributed by atoms with Gasteiger partial charge in [0.2, 0.25) is 6.08 Å². The van der Waals surface area contributed by atoms with Crippen molar-refractivity contribution in [1.82, 2.24) is 0 Å². The molecule has 0 saturated heterocycles. The highest BCUT2D eigenvalue weighted by Crippen LogP contribution is 2.46. The fraction of sp³-hybridized carbons (Fsp3) is 0.562. The molecule has 2 rings (SSSR count). The summed E-state index contributed by atoms with van der Waals surface area (Å²) < 4.78 is 5.51. The number of aliphatic imine (C=N–C) groups is 1. The van der Waals surface area contributed by atoms with Crippen molar-refractivity contribution >= 4 is 6.08 Å². The quantitative estimate of drug-likeness (QED) is 0.600. The zero-order valence-corrected chi connectivity index (χ0v) is 11.9. The Morgan fingerprint density at radius 1 is 1.37 bits per heavy atom. The average Bonchev–Trinajstić information content (AvgIpc) is 2.34. The zero-order chi connectivity index (χ0) is 13.9. The number of hydrogen-bond acceptors (Lipinski definition) is 3. The predicted octanol–water partition coefficient (Wildman–Crippen LogP) is 3.37. The van der Waals surface area contributed by atoms with Gasteiger partial charge in [-0.25, -0.2) is 4.79 Å². The lowest BCUT2D eigenvalue weighted by molar-refractivity contribution is 0.0226. The Labute approximate surface area is 114 Å². The first-order valence-corrected chi connectivity index (χ1v) is 6.76. The van der Waals surface area contributed by atoms with E-state index in [9.17, 15) is 4.79 Å². The maximum atomic E-state index is 10.7. The third-order valence-electron chi connectivity index (χ3n) is 4.13. The van der Waals surface area contributed by atoms with E-state index in [1.54, 1.807) is 13.2 Å². The van der Waals surface area contributed by atoms with Gasteiger partial charge in [0.15, 0.2) is 0 Å². The van der Waals surface area contributed by atoms with E-state index in [1.165, 1.54) is 5.56 Å². The molecule has 0 spiro atoms. The smallest absolute Gasteiger partial charge is 0.235 e. The normalized spacial score (nSPS) is 17.4. The van der Waals surface area contributed by atoms with Gasteiger partial charge in [-0.2, -0.15) is 4.99 Å². The SMILES string of the molecule is COC(C)(C)Cc1ccccc1C1(N=C=O)CCC1. The predicted molar refractivity (Wildman–Crippen MR) is 74.9 cm³/mol. The second-order valence-corrected chi connectivity index (χ2v) is 5.89. The molecule has 0 aromatic heterocycles. The number of methoxy groups -OCH3 is 1. The van der Waals surface area contributed by atoms with E-state index in [0.29, 0.717) is 0 Å². The van der Waals surface area contributed by atoms with Gasteiger partial charge < -0.3 is 4.74 Å². The molecule has 0 bridgehead atoms. The number of ether oxygens (including phenoxy) is 1. The van der Waals surface area contributed by atoms with Gasteiger partial charge in [0.1, 0.15) is 0 Å². The molecule has 1 fully saturated rings. The van der Waals surface area contributed by atoms with Crippen LogP contribution < -0.4 is 0 Å². The fourth-order valence-corrected chi connectivity index (χ4v) is 2.70. The number of benzene rings is 1. The summed E-state index contributed by atoms with van der Waals surface area (Å²) in [4.78, 5) is 14.8. The summed E-state index contributed by atoms with van der Waals surface area (Å²) in [5.41, 5.74) is 1.83. The van der Waals surface area contributed by atoms with Gasteiger partial charge in [-0.05, 0) is 44.2 Å². The van der Waals surface area contributed by atoms with E-state index in [2.05, 4.69) is 31.0 Å². The molecule has 0 N–H and O–H groups in total. The van der Waals surface area contributed by atoms with Gasteiger partial charge in [0.05, 0.1) is 11.1 Å². The Bertz CT molecular complexity index is 497. The van der Waals surface area contributed by atoms with Gasteiger partial charge in [-0.15, -0.1) is 0 Å². The van der Waals surface area contributed by atoms with Gasteiger partial charge in [-0.1, -0.05) is 24.3 Å². The van der Waals surface area contributed by atoms with Crippen molar-refractivity contribution in [2.75, 3.05) is 7.11 Å². The minimum absolute atomic E-state index is 0.216. The summed E-state index contributed by atoms with van der Waals surface area (Å²) in [6, 6.07) is 8.23. The largest absolute Gasteiger partial charge is 0.378 e. The molecule has 102 valence electrons. The topological polar surface area (TPSA) is 38.7 Å². The van der Waals surface area contributed by atoms with Crippen molar-refractivity contribution in [3.05, 3.63) is 35.4 Å². The van der Waals surface area contributed by atoms with Crippen LogP contribution in [0.25, 0.3) is 0 Å². The number of isocyanates is 1. The highest BCUT2D eigenvalue weighted by atomic mass is 16.5. The lowest BCUT2D eigenvalue weighted by Gasteiger charge is -2.39. The molecular weight excluding hydrogens is 238 g/mol. The van der Waals surface area contributed by atoms with Crippen LogP contribution in [0.5, 0.6) is 0 Å². The molecular formula is C16H21NO2. The van der Waals surface area contributed by atoms with Crippen LogP contribution >= 0.6 is 0 Å². The monoisotopic (exact) mass is 259 g/mol. The fourth-order valence-electron chi connectivity index (χ4n) is 2.70. The summed E-state index contributed by atoms with van der Waals surface area (Å²) in [5, 5.41) is 0. The summed E-state index contributed by atoms with van der Waals surface area (Å²) in [6.07, 6.45) is 5.56. The molecule has 1 aliphatic carbocycles. The maximum absolute atomic E-state index is 10.7. The van der Waals surface area contributed by atoms with E-state index in [4.69, 9.17) is 4.74 Å².